The van der Waals surface area contributed by atoms with Gasteiger partial charge in [0, 0.05) is 43.1 Å². The molecule has 0 bridgehead atoms. The Labute approximate surface area is 142 Å². The summed E-state index contributed by atoms with van der Waals surface area (Å²) in [6.07, 6.45) is 0.733. The molecule has 3 rings (SSSR count). The van der Waals surface area contributed by atoms with Crippen LogP contribution in [0.3, 0.4) is 0 Å². The first kappa shape index (κ1) is 16.6. The van der Waals surface area contributed by atoms with E-state index in [9.17, 15) is 4.79 Å². The molecule has 0 saturated carbocycles. The van der Waals surface area contributed by atoms with Crippen LogP contribution < -0.4 is 10.6 Å². The van der Waals surface area contributed by atoms with Crippen molar-refractivity contribution in [1.29, 1.82) is 0 Å². The highest BCUT2D eigenvalue weighted by molar-refractivity contribution is 5.94. The molecule has 0 radical (unpaired) electrons. The maximum atomic E-state index is 12.1. The van der Waals surface area contributed by atoms with Gasteiger partial charge in [-0.1, -0.05) is 38.1 Å². The average Bonchev–Trinajstić information content (AvgIpc) is 2.92. The predicted octanol–water partition coefficient (Wildman–Crippen LogP) is 2.27. The minimum absolute atomic E-state index is 0.0463. The van der Waals surface area contributed by atoms with Gasteiger partial charge in [-0.25, -0.2) is 0 Å². The van der Waals surface area contributed by atoms with Crippen molar-refractivity contribution >= 4 is 5.91 Å². The third-order valence-electron chi connectivity index (χ3n) is 3.97. The zero-order valence-electron chi connectivity index (χ0n) is 14.4. The van der Waals surface area contributed by atoms with Gasteiger partial charge in [0.05, 0.1) is 0 Å². The number of aromatic nitrogens is 2. The molecule has 24 heavy (non-hydrogen) atoms. The topological polar surface area (TPSA) is 80.0 Å². The molecule has 0 atom stereocenters. The van der Waals surface area contributed by atoms with E-state index in [1.165, 1.54) is 0 Å². The van der Waals surface area contributed by atoms with E-state index in [1.54, 1.807) is 12.1 Å². The minimum atomic E-state index is -0.0463. The Hall–Kier alpha value is -2.21. The van der Waals surface area contributed by atoms with Gasteiger partial charge in [-0.05, 0) is 17.5 Å². The van der Waals surface area contributed by atoms with Crippen LogP contribution in [0.25, 0.3) is 11.4 Å². The van der Waals surface area contributed by atoms with E-state index < -0.39 is 0 Å². The second-order valence-corrected chi connectivity index (χ2v) is 7.56. The highest BCUT2D eigenvalue weighted by Gasteiger charge is 2.19. The summed E-state index contributed by atoms with van der Waals surface area (Å²) in [6.45, 7) is 9.06. The van der Waals surface area contributed by atoms with Gasteiger partial charge in [-0.15, -0.1) is 0 Å². The largest absolute Gasteiger partial charge is 0.352 e. The molecule has 1 aliphatic rings. The monoisotopic (exact) mass is 328 g/mol. The lowest BCUT2D eigenvalue weighted by atomic mass is 9.92. The molecule has 1 fully saturated rings. The zero-order chi connectivity index (χ0) is 17.2. The van der Waals surface area contributed by atoms with E-state index in [0.717, 1.165) is 25.1 Å². The van der Waals surface area contributed by atoms with Crippen LogP contribution in [0.15, 0.2) is 28.8 Å². The molecule has 0 aliphatic carbocycles. The van der Waals surface area contributed by atoms with Crippen molar-refractivity contribution in [2.75, 3.05) is 19.6 Å². The Morgan fingerprint density at radius 2 is 2.00 bits per heavy atom. The van der Waals surface area contributed by atoms with Crippen LogP contribution in [0, 0.1) is 11.3 Å². The molecular weight excluding hydrogens is 304 g/mol. The van der Waals surface area contributed by atoms with E-state index in [-0.39, 0.29) is 11.3 Å². The summed E-state index contributed by atoms with van der Waals surface area (Å²) in [5, 5.41) is 10.2. The molecule has 2 aromatic rings. The van der Waals surface area contributed by atoms with Crippen molar-refractivity contribution in [2.45, 2.75) is 27.2 Å². The van der Waals surface area contributed by atoms with Crippen LogP contribution in [0.5, 0.6) is 0 Å². The maximum absolute atomic E-state index is 12.1. The number of amides is 1. The maximum Gasteiger partial charge on any atom is 0.251 e. The summed E-state index contributed by atoms with van der Waals surface area (Å²) in [7, 11) is 0. The number of nitrogens with zero attached hydrogens (tertiary/aromatic N) is 2. The highest BCUT2D eigenvalue weighted by atomic mass is 16.5. The van der Waals surface area contributed by atoms with Gasteiger partial charge >= 0.3 is 0 Å². The molecule has 0 unspecified atom stereocenters. The van der Waals surface area contributed by atoms with E-state index in [4.69, 9.17) is 4.52 Å². The molecule has 1 aromatic carbocycles. The van der Waals surface area contributed by atoms with E-state index in [2.05, 4.69) is 41.5 Å². The lowest BCUT2D eigenvalue weighted by Gasteiger charge is -2.27. The Morgan fingerprint density at radius 1 is 1.29 bits per heavy atom. The minimum Gasteiger partial charge on any atom is -0.352 e. The van der Waals surface area contributed by atoms with Gasteiger partial charge in [-0.3, -0.25) is 4.79 Å². The molecule has 1 aliphatic heterocycles. The van der Waals surface area contributed by atoms with Crippen molar-refractivity contribution < 1.29 is 9.32 Å². The molecule has 0 spiro atoms. The summed E-state index contributed by atoms with van der Waals surface area (Å²) >= 11 is 0. The highest BCUT2D eigenvalue weighted by Crippen LogP contribution is 2.22. The standard InChI is InChI=1S/C18H24N4O2/c1-18(2,3)8-15-21-16(22-24-15)13-4-6-14(7-5-13)17(23)20-11-12-9-19-10-12/h4-7,12,19H,8-11H2,1-3H3,(H,20,23). The van der Waals surface area contributed by atoms with Crippen molar-refractivity contribution in [2.24, 2.45) is 11.3 Å². The van der Waals surface area contributed by atoms with Gasteiger partial charge in [0.2, 0.25) is 11.7 Å². The fourth-order valence-electron chi connectivity index (χ4n) is 2.50. The molecule has 2 N–H and O–H groups in total. The number of carbonyl (C=O) groups excluding carboxylic acids is 1. The summed E-state index contributed by atoms with van der Waals surface area (Å²) in [4.78, 5) is 16.5. The smallest absolute Gasteiger partial charge is 0.251 e. The third-order valence-corrected chi connectivity index (χ3v) is 3.97. The second-order valence-electron chi connectivity index (χ2n) is 7.56. The van der Waals surface area contributed by atoms with Crippen LogP contribution in [0.4, 0.5) is 0 Å². The summed E-state index contributed by atoms with van der Waals surface area (Å²) in [5.74, 6) is 1.69. The Balaban J connectivity index is 1.62. The van der Waals surface area contributed by atoms with Crippen LogP contribution in [-0.2, 0) is 6.42 Å². The number of hydrogen-bond acceptors (Lipinski definition) is 5. The molecule has 6 nitrogen and oxygen atoms in total. The van der Waals surface area contributed by atoms with Crippen LogP contribution in [-0.4, -0.2) is 35.7 Å². The number of nitrogens with one attached hydrogen (secondary N) is 2. The third kappa shape index (κ3) is 4.20. The Kier molecular flexibility index (Phi) is 4.66. The lowest BCUT2D eigenvalue weighted by molar-refractivity contribution is 0.0942. The fourth-order valence-corrected chi connectivity index (χ4v) is 2.50. The first-order valence-electron chi connectivity index (χ1n) is 8.33. The average molecular weight is 328 g/mol. The Bertz CT molecular complexity index is 697. The Morgan fingerprint density at radius 3 is 2.58 bits per heavy atom. The molecule has 1 amide bonds. The van der Waals surface area contributed by atoms with Crippen molar-refractivity contribution in [3.8, 4) is 11.4 Å². The van der Waals surface area contributed by atoms with Crippen molar-refractivity contribution in [3.63, 3.8) is 0 Å². The number of carbonyl (C=O) groups is 1. The van der Waals surface area contributed by atoms with Gasteiger partial charge in [-0.2, -0.15) is 4.98 Å². The quantitative estimate of drug-likeness (QED) is 0.880. The first-order chi connectivity index (χ1) is 11.4. The lowest BCUT2D eigenvalue weighted by Crippen LogP contribution is -2.48. The van der Waals surface area contributed by atoms with E-state index >= 15 is 0 Å². The van der Waals surface area contributed by atoms with Gasteiger partial charge in [0.15, 0.2) is 0 Å². The molecule has 1 saturated heterocycles. The molecule has 2 heterocycles. The normalized spacial score (nSPS) is 15.1. The number of hydrogen-bond donors (Lipinski definition) is 2. The van der Waals surface area contributed by atoms with Crippen molar-refractivity contribution in [1.82, 2.24) is 20.8 Å². The van der Waals surface area contributed by atoms with Crippen LogP contribution in [0.2, 0.25) is 0 Å². The summed E-state index contributed by atoms with van der Waals surface area (Å²) in [6, 6.07) is 7.30. The summed E-state index contributed by atoms with van der Waals surface area (Å²) in [5.41, 5.74) is 1.59. The first-order valence-corrected chi connectivity index (χ1v) is 8.33. The molecule has 128 valence electrons. The summed E-state index contributed by atoms with van der Waals surface area (Å²) < 4.78 is 5.31. The van der Waals surface area contributed by atoms with E-state index in [0.29, 0.717) is 29.7 Å². The number of benzene rings is 1. The molecular formula is C18H24N4O2. The van der Waals surface area contributed by atoms with E-state index in [1.807, 2.05) is 12.1 Å². The zero-order valence-corrected chi connectivity index (χ0v) is 14.4. The fraction of sp³-hybridized carbons (Fsp3) is 0.500. The van der Waals surface area contributed by atoms with Gasteiger partial charge in [0.1, 0.15) is 0 Å². The van der Waals surface area contributed by atoms with Crippen LogP contribution in [0.1, 0.15) is 37.0 Å². The second kappa shape index (κ2) is 6.73. The number of rotatable bonds is 5. The van der Waals surface area contributed by atoms with Crippen molar-refractivity contribution in [3.05, 3.63) is 35.7 Å². The van der Waals surface area contributed by atoms with Crippen LogP contribution >= 0.6 is 0 Å². The predicted molar refractivity (Wildman–Crippen MR) is 91.6 cm³/mol. The van der Waals surface area contributed by atoms with Gasteiger partial charge in [0.25, 0.3) is 5.91 Å². The molecule has 1 aromatic heterocycles. The SMILES string of the molecule is CC(C)(C)Cc1nc(-c2ccc(C(=O)NCC3CNC3)cc2)no1. The van der Waals surface area contributed by atoms with Gasteiger partial charge < -0.3 is 15.2 Å². The molecule has 6 heteroatoms.